The van der Waals surface area contributed by atoms with Gasteiger partial charge in [-0.25, -0.2) is 4.79 Å². The number of likely N-dealkylation sites (tertiary alicyclic amines) is 1. The van der Waals surface area contributed by atoms with E-state index in [0.29, 0.717) is 5.92 Å². The van der Waals surface area contributed by atoms with Gasteiger partial charge in [-0.1, -0.05) is 13.3 Å². The van der Waals surface area contributed by atoms with E-state index in [1.807, 2.05) is 4.90 Å². The van der Waals surface area contributed by atoms with Crippen LogP contribution in [0.4, 0.5) is 4.79 Å². The van der Waals surface area contributed by atoms with Crippen LogP contribution in [-0.2, 0) is 4.74 Å². The van der Waals surface area contributed by atoms with Gasteiger partial charge in [-0.2, -0.15) is 0 Å². The smallest absolute Gasteiger partial charge is 0.317 e. The number of urea groups is 1. The molecule has 0 radical (unpaired) electrons. The van der Waals surface area contributed by atoms with Crippen LogP contribution >= 0.6 is 0 Å². The second-order valence-electron chi connectivity index (χ2n) is 4.50. The number of amides is 2. The summed E-state index contributed by atoms with van der Waals surface area (Å²) in [5, 5.41) is 2.96. The Hall–Kier alpha value is -0.770. The molecule has 0 unspecified atom stereocenters. The van der Waals surface area contributed by atoms with Crippen LogP contribution in [0.1, 0.15) is 32.6 Å². The lowest BCUT2D eigenvalue weighted by Gasteiger charge is -2.32. The number of hydrogen-bond donors (Lipinski definition) is 1. The predicted molar refractivity (Wildman–Crippen MR) is 64.5 cm³/mol. The SMILES string of the molecule is CCCCNC(=O)N1CCC[C@H](COC)C1. The molecule has 1 N–H and O–H groups in total. The molecule has 4 heteroatoms. The first-order valence-electron chi connectivity index (χ1n) is 6.29. The number of nitrogens with zero attached hydrogens (tertiary/aromatic N) is 1. The van der Waals surface area contributed by atoms with Crippen molar-refractivity contribution in [2.75, 3.05) is 33.4 Å². The Labute approximate surface area is 98.3 Å². The van der Waals surface area contributed by atoms with Crippen LogP contribution in [0.2, 0.25) is 0 Å². The third-order valence-corrected chi connectivity index (χ3v) is 3.02. The maximum Gasteiger partial charge on any atom is 0.317 e. The summed E-state index contributed by atoms with van der Waals surface area (Å²) in [6, 6.07) is 0.0919. The molecule has 1 aliphatic rings. The molecule has 0 aromatic heterocycles. The number of rotatable bonds is 5. The number of carbonyl (C=O) groups excluding carboxylic acids is 1. The van der Waals surface area contributed by atoms with E-state index in [9.17, 15) is 4.79 Å². The zero-order valence-electron chi connectivity index (χ0n) is 10.5. The summed E-state index contributed by atoms with van der Waals surface area (Å²) in [4.78, 5) is 13.7. The number of unbranched alkanes of at least 4 members (excludes halogenated alkanes) is 1. The van der Waals surface area contributed by atoms with Crippen LogP contribution in [0.5, 0.6) is 0 Å². The lowest BCUT2D eigenvalue weighted by atomic mass is 9.99. The van der Waals surface area contributed by atoms with Gasteiger partial charge in [0, 0.05) is 32.7 Å². The van der Waals surface area contributed by atoms with E-state index < -0.39 is 0 Å². The topological polar surface area (TPSA) is 41.6 Å². The van der Waals surface area contributed by atoms with Crippen LogP contribution in [0, 0.1) is 5.92 Å². The molecular formula is C12H24N2O2. The van der Waals surface area contributed by atoms with E-state index in [-0.39, 0.29) is 6.03 Å². The summed E-state index contributed by atoms with van der Waals surface area (Å²) in [6.07, 6.45) is 4.44. The molecule has 1 rings (SSSR count). The van der Waals surface area contributed by atoms with Gasteiger partial charge in [-0.3, -0.25) is 0 Å². The van der Waals surface area contributed by atoms with E-state index in [1.54, 1.807) is 7.11 Å². The highest BCUT2D eigenvalue weighted by molar-refractivity contribution is 5.74. The lowest BCUT2D eigenvalue weighted by Crippen LogP contribution is -2.46. The van der Waals surface area contributed by atoms with Gasteiger partial charge in [0.05, 0.1) is 6.61 Å². The highest BCUT2D eigenvalue weighted by Gasteiger charge is 2.22. The third kappa shape index (κ3) is 4.39. The first-order chi connectivity index (χ1) is 7.77. The Morgan fingerprint density at radius 3 is 3.06 bits per heavy atom. The lowest BCUT2D eigenvalue weighted by molar-refractivity contribution is 0.100. The zero-order chi connectivity index (χ0) is 11.8. The normalized spacial score (nSPS) is 20.9. The molecule has 0 aliphatic carbocycles. The molecule has 1 aliphatic heterocycles. The first kappa shape index (κ1) is 13.3. The van der Waals surface area contributed by atoms with Crippen LogP contribution in [0.3, 0.4) is 0 Å². The highest BCUT2D eigenvalue weighted by Crippen LogP contribution is 2.16. The Bertz CT molecular complexity index is 207. The average molecular weight is 228 g/mol. The van der Waals surface area contributed by atoms with Crippen molar-refractivity contribution >= 4 is 6.03 Å². The zero-order valence-corrected chi connectivity index (χ0v) is 10.5. The van der Waals surface area contributed by atoms with E-state index in [2.05, 4.69) is 12.2 Å². The van der Waals surface area contributed by atoms with Gasteiger partial charge < -0.3 is 15.0 Å². The maximum absolute atomic E-state index is 11.8. The van der Waals surface area contributed by atoms with E-state index in [1.165, 1.54) is 6.42 Å². The fourth-order valence-electron chi connectivity index (χ4n) is 2.11. The standard InChI is InChI=1S/C12H24N2O2/c1-3-4-7-13-12(15)14-8-5-6-11(9-14)10-16-2/h11H,3-10H2,1-2H3,(H,13,15)/t11-/m0/s1. The summed E-state index contributed by atoms with van der Waals surface area (Å²) >= 11 is 0. The quantitative estimate of drug-likeness (QED) is 0.730. The van der Waals surface area contributed by atoms with Crippen LogP contribution in [0.15, 0.2) is 0 Å². The Kier molecular flexibility index (Phi) is 6.23. The van der Waals surface area contributed by atoms with Crippen molar-refractivity contribution in [3.05, 3.63) is 0 Å². The minimum Gasteiger partial charge on any atom is -0.384 e. The minimum absolute atomic E-state index is 0.0919. The predicted octanol–water partition coefficient (Wildman–Crippen LogP) is 1.85. The van der Waals surface area contributed by atoms with Gasteiger partial charge in [0.25, 0.3) is 0 Å². The van der Waals surface area contributed by atoms with Crippen molar-refractivity contribution in [2.45, 2.75) is 32.6 Å². The van der Waals surface area contributed by atoms with Crippen molar-refractivity contribution < 1.29 is 9.53 Å². The van der Waals surface area contributed by atoms with E-state index >= 15 is 0 Å². The van der Waals surface area contributed by atoms with Crippen molar-refractivity contribution in [3.63, 3.8) is 0 Å². The molecular weight excluding hydrogens is 204 g/mol. The van der Waals surface area contributed by atoms with Crippen molar-refractivity contribution in [1.82, 2.24) is 10.2 Å². The number of piperidine rings is 1. The molecule has 0 aromatic carbocycles. The molecule has 1 fully saturated rings. The molecule has 1 atom stereocenters. The van der Waals surface area contributed by atoms with Crippen molar-refractivity contribution in [3.8, 4) is 0 Å². The fraction of sp³-hybridized carbons (Fsp3) is 0.917. The van der Waals surface area contributed by atoms with Gasteiger partial charge in [-0.05, 0) is 19.3 Å². The number of carbonyl (C=O) groups is 1. The fourth-order valence-corrected chi connectivity index (χ4v) is 2.11. The second-order valence-corrected chi connectivity index (χ2v) is 4.50. The monoisotopic (exact) mass is 228 g/mol. The largest absolute Gasteiger partial charge is 0.384 e. The van der Waals surface area contributed by atoms with Gasteiger partial charge in [0.2, 0.25) is 0 Å². The molecule has 16 heavy (non-hydrogen) atoms. The first-order valence-corrected chi connectivity index (χ1v) is 6.29. The number of nitrogens with one attached hydrogen (secondary N) is 1. The highest BCUT2D eigenvalue weighted by atomic mass is 16.5. The summed E-state index contributed by atoms with van der Waals surface area (Å²) < 4.78 is 5.15. The van der Waals surface area contributed by atoms with Gasteiger partial charge in [-0.15, -0.1) is 0 Å². The van der Waals surface area contributed by atoms with E-state index in [4.69, 9.17) is 4.74 Å². The van der Waals surface area contributed by atoms with Gasteiger partial charge in [0.15, 0.2) is 0 Å². The molecule has 94 valence electrons. The summed E-state index contributed by atoms with van der Waals surface area (Å²) in [7, 11) is 1.72. The Morgan fingerprint density at radius 2 is 2.38 bits per heavy atom. The van der Waals surface area contributed by atoms with Crippen molar-refractivity contribution in [2.24, 2.45) is 5.92 Å². The molecule has 1 saturated heterocycles. The number of hydrogen-bond acceptors (Lipinski definition) is 2. The summed E-state index contributed by atoms with van der Waals surface area (Å²) in [5.41, 5.74) is 0. The number of methoxy groups -OCH3 is 1. The van der Waals surface area contributed by atoms with E-state index in [0.717, 1.165) is 45.5 Å². The van der Waals surface area contributed by atoms with Crippen LogP contribution in [-0.4, -0.2) is 44.3 Å². The Morgan fingerprint density at radius 1 is 1.56 bits per heavy atom. The molecule has 0 bridgehead atoms. The molecule has 0 saturated carbocycles. The summed E-state index contributed by atoms with van der Waals surface area (Å²) in [5.74, 6) is 0.510. The van der Waals surface area contributed by atoms with Gasteiger partial charge >= 0.3 is 6.03 Å². The molecule has 0 spiro atoms. The molecule has 1 heterocycles. The van der Waals surface area contributed by atoms with Crippen LogP contribution in [0.25, 0.3) is 0 Å². The summed E-state index contributed by atoms with van der Waals surface area (Å²) in [6.45, 7) is 5.41. The number of ether oxygens (including phenoxy) is 1. The van der Waals surface area contributed by atoms with Crippen molar-refractivity contribution in [1.29, 1.82) is 0 Å². The maximum atomic E-state index is 11.8. The third-order valence-electron chi connectivity index (χ3n) is 3.02. The molecule has 2 amide bonds. The molecule has 0 aromatic rings. The minimum atomic E-state index is 0.0919. The molecule has 4 nitrogen and oxygen atoms in total. The van der Waals surface area contributed by atoms with Crippen LogP contribution < -0.4 is 5.32 Å². The second kappa shape index (κ2) is 7.49. The van der Waals surface area contributed by atoms with Gasteiger partial charge in [0.1, 0.15) is 0 Å². The average Bonchev–Trinajstić information content (AvgIpc) is 2.30. The Balaban J connectivity index is 2.26.